The summed E-state index contributed by atoms with van der Waals surface area (Å²) in [6.07, 6.45) is 5.98. The van der Waals surface area contributed by atoms with Crippen LogP contribution >= 0.6 is 0 Å². The molecule has 0 N–H and O–H groups in total. The lowest BCUT2D eigenvalue weighted by Crippen LogP contribution is -2.49. The maximum atomic E-state index is 12.9. The van der Waals surface area contributed by atoms with E-state index in [2.05, 4.69) is 4.98 Å². The Morgan fingerprint density at radius 1 is 1.24 bits per heavy atom. The van der Waals surface area contributed by atoms with Gasteiger partial charge in [0.2, 0.25) is 5.95 Å². The van der Waals surface area contributed by atoms with Crippen LogP contribution in [0.5, 0.6) is 11.5 Å². The van der Waals surface area contributed by atoms with Crippen molar-refractivity contribution in [2.45, 2.75) is 31.1 Å². The van der Waals surface area contributed by atoms with Gasteiger partial charge in [-0.05, 0) is 43.4 Å². The molecule has 7 heteroatoms. The van der Waals surface area contributed by atoms with Crippen LogP contribution in [0.4, 0.5) is 5.95 Å². The van der Waals surface area contributed by atoms with E-state index in [1.165, 1.54) is 5.56 Å². The number of para-hydroxylation sites is 2. The number of aryl methyl sites for hydroxylation is 1. The van der Waals surface area contributed by atoms with E-state index in [1.54, 1.807) is 7.11 Å². The highest BCUT2D eigenvalue weighted by Gasteiger charge is 2.44. The number of piperidine rings is 1. The van der Waals surface area contributed by atoms with Gasteiger partial charge in [-0.25, -0.2) is 9.97 Å². The van der Waals surface area contributed by atoms with Gasteiger partial charge in [0.25, 0.3) is 5.91 Å². The zero-order valence-corrected chi connectivity index (χ0v) is 17.4. The number of carbonyl (C=O) groups is 1. The molecule has 0 radical (unpaired) electrons. The Kier molecular flexibility index (Phi) is 5.30. The second-order valence-corrected chi connectivity index (χ2v) is 8.08. The van der Waals surface area contributed by atoms with E-state index in [4.69, 9.17) is 14.5 Å². The zero-order valence-electron chi connectivity index (χ0n) is 17.4. The third kappa shape index (κ3) is 3.73. The van der Waals surface area contributed by atoms with E-state index in [0.29, 0.717) is 18.0 Å². The normalized spacial score (nSPS) is 20.4. The van der Waals surface area contributed by atoms with Crippen LogP contribution in [0.15, 0.2) is 30.5 Å². The maximum Gasteiger partial charge on any atom is 0.260 e. The number of amides is 1. The van der Waals surface area contributed by atoms with Crippen LogP contribution in [0.3, 0.4) is 0 Å². The number of anilines is 1. The van der Waals surface area contributed by atoms with Crippen LogP contribution in [-0.2, 0) is 16.6 Å². The number of benzene rings is 1. The highest BCUT2D eigenvalue weighted by atomic mass is 16.5. The van der Waals surface area contributed by atoms with E-state index in [0.717, 1.165) is 43.9 Å². The molecule has 7 nitrogen and oxygen atoms in total. The van der Waals surface area contributed by atoms with Gasteiger partial charge in [0.15, 0.2) is 18.1 Å². The monoisotopic (exact) mass is 396 g/mol. The number of nitrogens with zero attached hydrogens (tertiary/aromatic N) is 4. The molecule has 154 valence electrons. The van der Waals surface area contributed by atoms with Gasteiger partial charge in [-0.1, -0.05) is 12.1 Å². The first-order valence-corrected chi connectivity index (χ1v) is 10.1. The van der Waals surface area contributed by atoms with Crippen molar-refractivity contribution in [1.29, 1.82) is 0 Å². The van der Waals surface area contributed by atoms with Gasteiger partial charge in [-0.3, -0.25) is 4.79 Å². The summed E-state index contributed by atoms with van der Waals surface area (Å²) in [7, 11) is 5.50. The average molecular weight is 396 g/mol. The largest absolute Gasteiger partial charge is 0.493 e. The topological polar surface area (TPSA) is 67.8 Å². The van der Waals surface area contributed by atoms with Crippen molar-refractivity contribution < 1.29 is 14.3 Å². The summed E-state index contributed by atoms with van der Waals surface area (Å²) < 4.78 is 11.1. The van der Waals surface area contributed by atoms with Gasteiger partial charge in [0, 0.05) is 38.8 Å². The van der Waals surface area contributed by atoms with Crippen LogP contribution in [0, 0.1) is 0 Å². The number of ether oxygens (including phenoxy) is 2. The third-order valence-corrected chi connectivity index (χ3v) is 5.98. The van der Waals surface area contributed by atoms with Crippen molar-refractivity contribution >= 4 is 11.9 Å². The van der Waals surface area contributed by atoms with E-state index in [9.17, 15) is 4.79 Å². The van der Waals surface area contributed by atoms with E-state index >= 15 is 0 Å². The maximum absolute atomic E-state index is 12.9. The van der Waals surface area contributed by atoms with E-state index in [-0.39, 0.29) is 17.9 Å². The number of aromatic nitrogens is 2. The van der Waals surface area contributed by atoms with Gasteiger partial charge in [0.05, 0.1) is 12.8 Å². The van der Waals surface area contributed by atoms with Crippen molar-refractivity contribution in [2.24, 2.45) is 0 Å². The fourth-order valence-electron chi connectivity index (χ4n) is 4.46. The number of hydrogen-bond donors (Lipinski definition) is 0. The van der Waals surface area contributed by atoms with Crippen molar-refractivity contribution in [3.05, 3.63) is 41.7 Å². The molecule has 0 bridgehead atoms. The molecule has 0 saturated carbocycles. The smallest absolute Gasteiger partial charge is 0.260 e. The van der Waals surface area contributed by atoms with Gasteiger partial charge >= 0.3 is 0 Å². The molecule has 29 heavy (non-hydrogen) atoms. The van der Waals surface area contributed by atoms with Gasteiger partial charge in [-0.15, -0.1) is 0 Å². The first kappa shape index (κ1) is 19.5. The minimum atomic E-state index is -0.0681. The average Bonchev–Trinajstić information content (AvgIpc) is 3.09. The molecule has 1 spiro atoms. The van der Waals surface area contributed by atoms with Crippen molar-refractivity contribution in [3.63, 3.8) is 0 Å². The predicted molar refractivity (Wildman–Crippen MR) is 111 cm³/mol. The number of hydrogen-bond acceptors (Lipinski definition) is 6. The number of rotatable bonds is 5. The van der Waals surface area contributed by atoms with Gasteiger partial charge in [0.1, 0.15) is 0 Å². The minimum absolute atomic E-state index is 0.00493. The van der Waals surface area contributed by atoms with Gasteiger partial charge < -0.3 is 19.3 Å². The Morgan fingerprint density at radius 3 is 2.79 bits per heavy atom. The van der Waals surface area contributed by atoms with Crippen LogP contribution < -0.4 is 14.4 Å². The number of likely N-dealkylation sites (tertiary alicyclic amines) is 1. The van der Waals surface area contributed by atoms with E-state index < -0.39 is 0 Å². The molecule has 2 aromatic rings. The molecule has 1 amide bonds. The summed E-state index contributed by atoms with van der Waals surface area (Å²) in [6.45, 7) is 1.46. The fraction of sp³-hybridized carbons (Fsp3) is 0.500. The Labute approximate surface area is 171 Å². The molecule has 1 aliphatic carbocycles. The van der Waals surface area contributed by atoms with E-state index in [1.807, 2.05) is 54.4 Å². The second kappa shape index (κ2) is 7.89. The lowest BCUT2D eigenvalue weighted by atomic mass is 9.77. The molecule has 1 fully saturated rings. The molecule has 2 heterocycles. The summed E-state index contributed by atoms with van der Waals surface area (Å²) in [4.78, 5) is 26.1. The molecule has 1 saturated heterocycles. The molecule has 1 unspecified atom stereocenters. The highest BCUT2D eigenvalue weighted by Crippen LogP contribution is 2.44. The molecule has 1 atom stereocenters. The Hall–Kier alpha value is -2.83. The standard InChI is InChI=1S/C22H28N4O3/c1-25(2)21-23-13-16-9-11-22(20(16)24-21)10-6-12-26(15-22)19(27)14-29-18-8-5-4-7-17(18)28-3/h4-5,7-8,13H,6,9-12,14-15H2,1-3H3. The molecule has 1 aliphatic heterocycles. The summed E-state index contributed by atoms with van der Waals surface area (Å²) in [5.74, 6) is 1.95. The molecule has 2 aliphatic rings. The Balaban J connectivity index is 1.48. The molecular weight excluding hydrogens is 368 g/mol. The minimum Gasteiger partial charge on any atom is -0.493 e. The highest BCUT2D eigenvalue weighted by molar-refractivity contribution is 5.78. The lowest BCUT2D eigenvalue weighted by molar-refractivity contribution is -0.135. The third-order valence-electron chi connectivity index (χ3n) is 5.98. The zero-order chi connectivity index (χ0) is 20.4. The Bertz CT molecular complexity index is 897. The molecule has 4 rings (SSSR count). The first-order chi connectivity index (χ1) is 14.0. The Morgan fingerprint density at radius 2 is 2.03 bits per heavy atom. The second-order valence-electron chi connectivity index (χ2n) is 8.08. The molecule has 1 aromatic heterocycles. The number of methoxy groups -OCH3 is 1. The number of fused-ring (bicyclic) bond motifs is 2. The molecule has 1 aromatic carbocycles. The van der Waals surface area contributed by atoms with Crippen LogP contribution in [0.2, 0.25) is 0 Å². The van der Waals surface area contributed by atoms with Crippen LogP contribution in [0.25, 0.3) is 0 Å². The van der Waals surface area contributed by atoms with Crippen molar-refractivity contribution in [2.75, 3.05) is 45.8 Å². The summed E-state index contributed by atoms with van der Waals surface area (Å²) in [5, 5.41) is 0. The predicted octanol–water partition coefficient (Wildman–Crippen LogP) is 2.44. The quantitative estimate of drug-likeness (QED) is 0.773. The molecular formula is C22H28N4O3. The first-order valence-electron chi connectivity index (χ1n) is 10.1. The van der Waals surface area contributed by atoms with Crippen molar-refractivity contribution in [1.82, 2.24) is 14.9 Å². The summed E-state index contributed by atoms with van der Waals surface area (Å²) in [5.41, 5.74) is 2.27. The van der Waals surface area contributed by atoms with Crippen LogP contribution in [-0.4, -0.2) is 61.7 Å². The lowest BCUT2D eigenvalue weighted by Gasteiger charge is -2.40. The van der Waals surface area contributed by atoms with Crippen molar-refractivity contribution in [3.8, 4) is 11.5 Å². The van der Waals surface area contributed by atoms with Crippen LogP contribution in [0.1, 0.15) is 30.5 Å². The fourth-order valence-corrected chi connectivity index (χ4v) is 4.46. The van der Waals surface area contributed by atoms with Gasteiger partial charge in [-0.2, -0.15) is 0 Å². The summed E-state index contributed by atoms with van der Waals surface area (Å²) in [6, 6.07) is 7.39. The number of carbonyl (C=O) groups excluding carboxylic acids is 1. The SMILES string of the molecule is COc1ccccc1OCC(=O)N1CCCC2(CCc3cnc(N(C)C)nc32)C1. The summed E-state index contributed by atoms with van der Waals surface area (Å²) >= 11 is 0.